The zero-order valence-electron chi connectivity index (χ0n) is 13.4. The van der Waals surface area contributed by atoms with Crippen molar-refractivity contribution in [2.24, 2.45) is 17.6 Å². The van der Waals surface area contributed by atoms with Crippen LogP contribution in [0.15, 0.2) is 18.2 Å². The molecular weight excluding hydrogens is 262 g/mol. The summed E-state index contributed by atoms with van der Waals surface area (Å²) in [5.74, 6) is 2.39. The van der Waals surface area contributed by atoms with Gasteiger partial charge >= 0.3 is 0 Å². The van der Waals surface area contributed by atoms with E-state index in [1.807, 2.05) is 12.1 Å². The van der Waals surface area contributed by atoms with E-state index in [9.17, 15) is 0 Å². The lowest BCUT2D eigenvalue weighted by Gasteiger charge is -2.34. The van der Waals surface area contributed by atoms with Gasteiger partial charge in [0.05, 0.1) is 12.7 Å². The summed E-state index contributed by atoms with van der Waals surface area (Å²) in [4.78, 5) is 2.49. The van der Waals surface area contributed by atoms with Crippen LogP contribution in [0.4, 0.5) is 0 Å². The topological polar surface area (TPSA) is 62.3 Å². The highest BCUT2D eigenvalue weighted by molar-refractivity contribution is 5.97. The Kier molecular flexibility index (Phi) is 5.23. The highest BCUT2D eigenvalue weighted by Gasteiger charge is 2.21. The number of ether oxygens (including phenoxy) is 1. The second-order valence-electron chi connectivity index (χ2n) is 6.31. The Balaban J connectivity index is 2.01. The number of hydrogen-bond acceptors (Lipinski definition) is 3. The van der Waals surface area contributed by atoms with Crippen molar-refractivity contribution in [3.63, 3.8) is 0 Å². The maximum absolute atomic E-state index is 7.65. The van der Waals surface area contributed by atoms with E-state index in [4.69, 9.17) is 15.9 Å². The molecule has 2 rings (SSSR count). The fraction of sp³-hybridized carbons (Fsp3) is 0.588. The van der Waals surface area contributed by atoms with E-state index in [0.717, 1.165) is 31.5 Å². The van der Waals surface area contributed by atoms with E-state index in [1.54, 1.807) is 7.11 Å². The minimum absolute atomic E-state index is 0.0622. The molecule has 4 heteroatoms. The molecule has 1 aliphatic heterocycles. The minimum Gasteiger partial charge on any atom is -0.496 e. The Bertz CT molecular complexity index is 491. The van der Waals surface area contributed by atoms with Crippen molar-refractivity contribution in [3.8, 4) is 5.75 Å². The zero-order chi connectivity index (χ0) is 15.4. The summed E-state index contributed by atoms with van der Waals surface area (Å²) in [5, 5.41) is 7.65. The lowest BCUT2D eigenvalue weighted by atomic mass is 9.86. The molecule has 1 saturated heterocycles. The molecule has 1 heterocycles. The number of likely N-dealkylation sites (tertiary alicyclic amines) is 1. The van der Waals surface area contributed by atoms with Crippen molar-refractivity contribution in [1.82, 2.24) is 4.90 Å². The lowest BCUT2D eigenvalue weighted by Crippen LogP contribution is -2.34. The largest absolute Gasteiger partial charge is 0.496 e. The van der Waals surface area contributed by atoms with E-state index < -0.39 is 0 Å². The first-order valence-electron chi connectivity index (χ1n) is 7.75. The average molecular weight is 289 g/mol. The third-order valence-corrected chi connectivity index (χ3v) is 4.54. The van der Waals surface area contributed by atoms with E-state index in [2.05, 4.69) is 24.8 Å². The number of rotatable bonds is 5. The van der Waals surface area contributed by atoms with Gasteiger partial charge in [0.2, 0.25) is 0 Å². The molecule has 21 heavy (non-hydrogen) atoms. The highest BCUT2D eigenvalue weighted by Crippen LogP contribution is 2.26. The van der Waals surface area contributed by atoms with Gasteiger partial charge in [-0.1, -0.05) is 19.9 Å². The molecule has 0 atom stereocenters. The van der Waals surface area contributed by atoms with Crippen molar-refractivity contribution in [2.45, 2.75) is 33.2 Å². The van der Waals surface area contributed by atoms with Crippen LogP contribution in [-0.2, 0) is 6.54 Å². The van der Waals surface area contributed by atoms with Crippen LogP contribution in [0.25, 0.3) is 0 Å². The maximum atomic E-state index is 7.65. The fourth-order valence-corrected chi connectivity index (χ4v) is 3.10. The van der Waals surface area contributed by atoms with Gasteiger partial charge in [0.1, 0.15) is 11.6 Å². The minimum atomic E-state index is 0.0622. The van der Waals surface area contributed by atoms with Gasteiger partial charge in [-0.15, -0.1) is 0 Å². The second-order valence-corrected chi connectivity index (χ2v) is 6.31. The summed E-state index contributed by atoms with van der Waals surface area (Å²) < 4.78 is 5.26. The van der Waals surface area contributed by atoms with Gasteiger partial charge in [-0.3, -0.25) is 10.3 Å². The van der Waals surface area contributed by atoms with Crippen molar-refractivity contribution in [2.75, 3.05) is 20.2 Å². The van der Waals surface area contributed by atoms with Gasteiger partial charge in [-0.05, 0) is 55.5 Å². The normalized spacial score (nSPS) is 17.1. The van der Waals surface area contributed by atoms with Crippen molar-refractivity contribution >= 4 is 5.84 Å². The van der Waals surface area contributed by atoms with Crippen LogP contribution < -0.4 is 10.5 Å². The molecular formula is C17H27N3O. The molecule has 0 amide bonds. The second kappa shape index (κ2) is 6.94. The summed E-state index contributed by atoms with van der Waals surface area (Å²) >= 11 is 0. The Morgan fingerprint density at radius 1 is 1.38 bits per heavy atom. The Hall–Kier alpha value is -1.55. The quantitative estimate of drug-likeness (QED) is 0.647. The third kappa shape index (κ3) is 3.97. The fourth-order valence-electron chi connectivity index (χ4n) is 3.10. The molecule has 3 N–H and O–H groups in total. The van der Waals surface area contributed by atoms with Gasteiger partial charge in [-0.25, -0.2) is 0 Å². The number of methoxy groups -OCH3 is 1. The lowest BCUT2D eigenvalue weighted by molar-refractivity contribution is 0.152. The van der Waals surface area contributed by atoms with Crippen molar-refractivity contribution in [3.05, 3.63) is 29.3 Å². The molecule has 1 fully saturated rings. The summed E-state index contributed by atoms with van der Waals surface area (Å²) in [7, 11) is 1.61. The van der Waals surface area contributed by atoms with Gasteiger partial charge in [0, 0.05) is 6.54 Å². The first-order chi connectivity index (χ1) is 10.0. The Morgan fingerprint density at radius 3 is 2.57 bits per heavy atom. The summed E-state index contributed by atoms with van der Waals surface area (Å²) in [5.41, 5.74) is 7.52. The number of nitrogens with two attached hydrogens (primary N) is 1. The molecule has 1 aliphatic rings. The molecule has 4 nitrogen and oxygen atoms in total. The predicted octanol–water partition coefficient (Wildman–Crippen LogP) is 2.85. The average Bonchev–Trinajstić information content (AvgIpc) is 2.47. The summed E-state index contributed by atoms with van der Waals surface area (Å²) in [6.45, 7) is 7.88. The number of piperidine rings is 1. The van der Waals surface area contributed by atoms with E-state index in [0.29, 0.717) is 11.3 Å². The number of amidine groups is 1. The number of nitrogens with zero attached hydrogens (tertiary/aromatic N) is 1. The predicted molar refractivity (Wildman–Crippen MR) is 86.8 cm³/mol. The summed E-state index contributed by atoms with van der Waals surface area (Å²) in [6.07, 6.45) is 2.57. The standard InChI is InChI=1S/C17H27N3O/c1-12(2)14-6-8-20(9-7-14)11-13-4-5-16(21-3)15(10-13)17(18)19/h4-5,10,12,14H,6-9,11H2,1-3H3,(H3,18,19). The zero-order valence-corrected chi connectivity index (χ0v) is 13.4. The number of benzene rings is 1. The van der Waals surface area contributed by atoms with E-state index >= 15 is 0 Å². The van der Waals surface area contributed by atoms with Crippen LogP contribution in [0.5, 0.6) is 5.75 Å². The molecule has 0 spiro atoms. The number of nitrogen functional groups attached to an aromatic ring is 1. The van der Waals surface area contributed by atoms with Gasteiger partial charge in [0.15, 0.2) is 0 Å². The van der Waals surface area contributed by atoms with Crippen molar-refractivity contribution < 1.29 is 4.74 Å². The molecule has 0 unspecified atom stereocenters. The molecule has 0 bridgehead atoms. The first-order valence-corrected chi connectivity index (χ1v) is 7.75. The van der Waals surface area contributed by atoms with Crippen LogP contribution in [0, 0.1) is 17.2 Å². The molecule has 0 aromatic heterocycles. The van der Waals surface area contributed by atoms with Crippen LogP contribution in [0.2, 0.25) is 0 Å². The first kappa shape index (κ1) is 15.8. The van der Waals surface area contributed by atoms with Gasteiger partial charge in [0.25, 0.3) is 0 Å². The molecule has 1 aromatic rings. The molecule has 116 valence electrons. The van der Waals surface area contributed by atoms with Crippen LogP contribution in [-0.4, -0.2) is 30.9 Å². The molecule has 0 radical (unpaired) electrons. The maximum Gasteiger partial charge on any atom is 0.129 e. The highest BCUT2D eigenvalue weighted by atomic mass is 16.5. The number of nitrogens with one attached hydrogen (secondary N) is 1. The van der Waals surface area contributed by atoms with Gasteiger partial charge in [-0.2, -0.15) is 0 Å². The van der Waals surface area contributed by atoms with Crippen LogP contribution in [0.1, 0.15) is 37.8 Å². The third-order valence-electron chi connectivity index (χ3n) is 4.54. The van der Waals surface area contributed by atoms with Crippen molar-refractivity contribution in [1.29, 1.82) is 5.41 Å². The number of hydrogen-bond donors (Lipinski definition) is 2. The monoisotopic (exact) mass is 289 g/mol. The summed E-state index contributed by atoms with van der Waals surface area (Å²) in [6, 6.07) is 5.96. The molecule has 1 aromatic carbocycles. The smallest absolute Gasteiger partial charge is 0.129 e. The van der Waals surface area contributed by atoms with Gasteiger partial charge < -0.3 is 10.5 Å². The van der Waals surface area contributed by atoms with Crippen LogP contribution >= 0.6 is 0 Å². The molecule has 0 saturated carbocycles. The van der Waals surface area contributed by atoms with E-state index in [-0.39, 0.29) is 5.84 Å². The SMILES string of the molecule is COc1ccc(CN2CCC(C(C)C)CC2)cc1C(=N)N. The Morgan fingerprint density at radius 2 is 2.05 bits per heavy atom. The van der Waals surface area contributed by atoms with Crippen LogP contribution in [0.3, 0.4) is 0 Å². The van der Waals surface area contributed by atoms with E-state index in [1.165, 1.54) is 18.4 Å². The molecule has 0 aliphatic carbocycles. The Labute approximate surface area is 127 Å².